The van der Waals surface area contributed by atoms with Gasteiger partial charge in [-0.2, -0.15) is 0 Å². The van der Waals surface area contributed by atoms with Crippen molar-refractivity contribution in [3.63, 3.8) is 0 Å². The van der Waals surface area contributed by atoms with Crippen LogP contribution < -0.4 is 10.2 Å². The van der Waals surface area contributed by atoms with Crippen molar-refractivity contribution in [3.05, 3.63) is 29.8 Å². The molecule has 1 aliphatic heterocycles. The largest absolute Gasteiger partial charge is 0.370 e. The summed E-state index contributed by atoms with van der Waals surface area (Å²) >= 11 is 0. The second kappa shape index (κ2) is 8.13. The fraction of sp³-hybridized carbons (Fsp3) is 0.647. The molecule has 0 amide bonds. The van der Waals surface area contributed by atoms with E-state index in [2.05, 4.69) is 48.3 Å². The van der Waals surface area contributed by atoms with Crippen molar-refractivity contribution >= 4 is 15.7 Å². The lowest BCUT2D eigenvalue weighted by Crippen LogP contribution is -2.46. The average Bonchev–Trinajstić information content (AvgIpc) is 2.52. The molecule has 1 saturated heterocycles. The van der Waals surface area contributed by atoms with Crippen molar-refractivity contribution in [2.45, 2.75) is 32.7 Å². The zero-order valence-electron chi connectivity index (χ0n) is 14.5. The molecule has 130 valence electrons. The van der Waals surface area contributed by atoms with Gasteiger partial charge in [0.05, 0.1) is 6.26 Å². The lowest BCUT2D eigenvalue weighted by molar-refractivity contribution is 0.292. The summed E-state index contributed by atoms with van der Waals surface area (Å²) in [6, 6.07) is 8.89. The van der Waals surface area contributed by atoms with E-state index in [9.17, 15) is 8.42 Å². The second-order valence-electron chi connectivity index (χ2n) is 6.26. The van der Waals surface area contributed by atoms with E-state index >= 15 is 0 Å². The minimum Gasteiger partial charge on any atom is -0.370 e. The fourth-order valence-corrected chi connectivity index (χ4v) is 4.04. The van der Waals surface area contributed by atoms with Crippen LogP contribution in [0.3, 0.4) is 0 Å². The summed E-state index contributed by atoms with van der Waals surface area (Å²) in [5, 5.41) is 3.58. The maximum absolute atomic E-state index is 11.5. The zero-order chi connectivity index (χ0) is 16.9. The maximum Gasteiger partial charge on any atom is 0.211 e. The summed E-state index contributed by atoms with van der Waals surface area (Å²) in [5.41, 5.74) is 2.60. The normalized spacial score (nSPS) is 17.3. The Morgan fingerprint density at radius 1 is 1.26 bits per heavy atom. The third-order valence-electron chi connectivity index (χ3n) is 4.58. The summed E-state index contributed by atoms with van der Waals surface area (Å²) in [6.45, 7) is 8.46. The molecule has 0 aromatic heterocycles. The van der Waals surface area contributed by atoms with Crippen LogP contribution in [-0.2, 0) is 10.0 Å². The minimum absolute atomic E-state index is 0.420. The van der Waals surface area contributed by atoms with E-state index in [-0.39, 0.29) is 0 Å². The Morgan fingerprint density at radius 3 is 2.48 bits per heavy atom. The molecule has 6 heteroatoms. The van der Waals surface area contributed by atoms with Gasteiger partial charge in [-0.15, -0.1) is 0 Å². The number of benzene rings is 1. The van der Waals surface area contributed by atoms with E-state index in [4.69, 9.17) is 0 Å². The number of likely N-dealkylation sites (N-methyl/N-ethyl adjacent to an activating group) is 1. The molecule has 1 aliphatic rings. The van der Waals surface area contributed by atoms with E-state index in [1.807, 2.05) is 0 Å². The van der Waals surface area contributed by atoms with Gasteiger partial charge in [-0.3, -0.25) is 0 Å². The Kier molecular flexibility index (Phi) is 6.44. The lowest BCUT2D eigenvalue weighted by Gasteiger charge is -2.32. The number of anilines is 1. The first-order valence-electron chi connectivity index (χ1n) is 8.41. The molecule has 0 bridgehead atoms. The number of nitrogens with one attached hydrogen (secondary N) is 1. The molecule has 1 aromatic carbocycles. The topological polar surface area (TPSA) is 52.6 Å². The van der Waals surface area contributed by atoms with Crippen molar-refractivity contribution in [1.82, 2.24) is 9.62 Å². The van der Waals surface area contributed by atoms with Gasteiger partial charge in [-0.1, -0.05) is 18.2 Å². The molecule has 1 aromatic rings. The summed E-state index contributed by atoms with van der Waals surface area (Å²) < 4.78 is 24.6. The molecule has 0 unspecified atom stereocenters. The Morgan fingerprint density at radius 2 is 1.91 bits per heavy atom. The van der Waals surface area contributed by atoms with E-state index in [1.165, 1.54) is 17.5 Å². The van der Waals surface area contributed by atoms with Gasteiger partial charge in [-0.25, -0.2) is 12.7 Å². The Labute approximate surface area is 140 Å². The summed E-state index contributed by atoms with van der Waals surface area (Å²) in [6.07, 6.45) is 3.08. The molecule has 0 aliphatic carbocycles. The molecule has 1 heterocycles. The number of hydrogen-bond acceptors (Lipinski definition) is 4. The molecular formula is C17H29N3O2S. The van der Waals surface area contributed by atoms with Gasteiger partial charge in [0.25, 0.3) is 0 Å². The number of nitrogens with zero attached hydrogens (tertiary/aromatic N) is 2. The van der Waals surface area contributed by atoms with Gasteiger partial charge in [-0.05, 0) is 38.3 Å². The Balaban J connectivity index is 1.78. The van der Waals surface area contributed by atoms with Crippen LogP contribution in [0.4, 0.5) is 5.69 Å². The van der Waals surface area contributed by atoms with Crippen molar-refractivity contribution in [2.75, 3.05) is 43.9 Å². The molecule has 0 radical (unpaired) electrons. The minimum atomic E-state index is -3.03. The number of piperidine rings is 1. The monoisotopic (exact) mass is 339 g/mol. The average molecular weight is 340 g/mol. The van der Waals surface area contributed by atoms with Gasteiger partial charge in [0.15, 0.2) is 0 Å². The molecule has 23 heavy (non-hydrogen) atoms. The van der Waals surface area contributed by atoms with Gasteiger partial charge in [0.2, 0.25) is 10.0 Å². The SMILES string of the molecule is CCN(CCNC1CCN(S(C)(=O)=O)CC1)c1ccccc1C. The van der Waals surface area contributed by atoms with Crippen molar-refractivity contribution in [2.24, 2.45) is 0 Å². The number of hydrogen-bond donors (Lipinski definition) is 1. The fourth-order valence-electron chi connectivity index (χ4n) is 3.16. The number of aryl methyl sites for hydroxylation is 1. The molecule has 0 spiro atoms. The van der Waals surface area contributed by atoms with Crippen molar-refractivity contribution in [3.8, 4) is 0 Å². The van der Waals surface area contributed by atoms with E-state index < -0.39 is 10.0 Å². The van der Waals surface area contributed by atoms with Crippen LogP contribution in [0, 0.1) is 6.92 Å². The van der Waals surface area contributed by atoms with Crippen LogP contribution in [0.25, 0.3) is 0 Å². The Hall–Kier alpha value is -1.11. The molecule has 0 saturated carbocycles. The zero-order valence-corrected chi connectivity index (χ0v) is 15.3. The van der Waals surface area contributed by atoms with E-state index in [0.29, 0.717) is 19.1 Å². The molecule has 5 nitrogen and oxygen atoms in total. The van der Waals surface area contributed by atoms with Crippen LogP contribution in [0.2, 0.25) is 0 Å². The second-order valence-corrected chi connectivity index (χ2v) is 8.24. The third-order valence-corrected chi connectivity index (χ3v) is 5.88. The van der Waals surface area contributed by atoms with Crippen LogP contribution in [0.1, 0.15) is 25.3 Å². The van der Waals surface area contributed by atoms with Crippen LogP contribution in [0.15, 0.2) is 24.3 Å². The van der Waals surface area contributed by atoms with Gasteiger partial charge in [0, 0.05) is 44.5 Å². The molecule has 0 atom stereocenters. The molecule has 1 fully saturated rings. The van der Waals surface area contributed by atoms with Gasteiger partial charge in [0.1, 0.15) is 0 Å². The number of para-hydroxylation sites is 1. The summed E-state index contributed by atoms with van der Waals surface area (Å²) in [5.74, 6) is 0. The van der Waals surface area contributed by atoms with E-state index in [1.54, 1.807) is 4.31 Å². The quantitative estimate of drug-likeness (QED) is 0.823. The van der Waals surface area contributed by atoms with Gasteiger partial charge < -0.3 is 10.2 Å². The predicted molar refractivity (Wildman–Crippen MR) is 96.5 cm³/mol. The van der Waals surface area contributed by atoms with Crippen LogP contribution in [0.5, 0.6) is 0 Å². The summed E-state index contributed by atoms with van der Waals surface area (Å²) in [4.78, 5) is 2.38. The Bertz CT molecular complexity index is 596. The molecular weight excluding hydrogens is 310 g/mol. The first-order valence-corrected chi connectivity index (χ1v) is 10.3. The highest BCUT2D eigenvalue weighted by Crippen LogP contribution is 2.18. The highest BCUT2D eigenvalue weighted by atomic mass is 32.2. The number of rotatable bonds is 7. The van der Waals surface area contributed by atoms with Crippen molar-refractivity contribution in [1.29, 1.82) is 0 Å². The van der Waals surface area contributed by atoms with Crippen molar-refractivity contribution < 1.29 is 8.42 Å². The highest BCUT2D eigenvalue weighted by Gasteiger charge is 2.24. The summed E-state index contributed by atoms with van der Waals surface area (Å²) in [7, 11) is -3.03. The molecule has 2 rings (SSSR count). The van der Waals surface area contributed by atoms with Gasteiger partial charge >= 0.3 is 0 Å². The smallest absolute Gasteiger partial charge is 0.211 e. The van der Waals surface area contributed by atoms with E-state index in [0.717, 1.165) is 32.5 Å². The molecule has 1 N–H and O–H groups in total. The van der Waals surface area contributed by atoms with Crippen LogP contribution in [-0.4, -0.2) is 57.7 Å². The standard InChI is InChI=1S/C17H29N3O2S/c1-4-19(17-8-6-5-7-15(17)2)14-11-18-16-9-12-20(13-10-16)23(3,21)22/h5-8,16,18H,4,9-14H2,1-3H3. The number of sulfonamides is 1. The predicted octanol–water partition coefficient (Wildman–Crippen LogP) is 1.83. The highest BCUT2D eigenvalue weighted by molar-refractivity contribution is 7.88. The lowest BCUT2D eigenvalue weighted by atomic mass is 10.1. The third kappa shape index (κ3) is 5.19. The van der Waals surface area contributed by atoms with Crippen LogP contribution >= 0.6 is 0 Å². The maximum atomic E-state index is 11.5. The first-order chi connectivity index (χ1) is 10.9. The first kappa shape index (κ1) is 18.2.